The van der Waals surface area contributed by atoms with Crippen LogP contribution < -0.4 is 16.2 Å². The molecule has 1 aromatic heterocycles. The summed E-state index contributed by atoms with van der Waals surface area (Å²) in [5.41, 5.74) is 2.12. The van der Waals surface area contributed by atoms with Gasteiger partial charge in [-0.3, -0.25) is 14.5 Å². The molecule has 3 rings (SSSR count). The molecule has 1 aliphatic carbocycles. The van der Waals surface area contributed by atoms with Gasteiger partial charge in [0.25, 0.3) is 11.5 Å². The van der Waals surface area contributed by atoms with Crippen LogP contribution in [0.15, 0.2) is 10.9 Å². The number of nitrogens with zero attached hydrogens (tertiary/aromatic N) is 1. The largest absolute Gasteiger partial charge is 0.351 e. The summed E-state index contributed by atoms with van der Waals surface area (Å²) in [5.74, 6) is -0.259. The SMILES string of the molecule is Cl.O=C(NCCN1CCNCC1)c1cc2c([nH]c1=O)CCCC2. The summed E-state index contributed by atoms with van der Waals surface area (Å²) in [6.07, 6.45) is 4.10. The van der Waals surface area contributed by atoms with Crippen molar-refractivity contribution < 1.29 is 4.79 Å². The Labute approximate surface area is 142 Å². The van der Waals surface area contributed by atoms with Crippen LogP contribution in [0.4, 0.5) is 0 Å². The lowest BCUT2D eigenvalue weighted by atomic mass is 9.95. The smallest absolute Gasteiger partial charge is 0.261 e. The first-order chi connectivity index (χ1) is 10.7. The third kappa shape index (κ3) is 4.56. The monoisotopic (exact) mass is 340 g/mol. The standard InChI is InChI=1S/C16H24N4O2.ClH/c21-15(18-7-10-20-8-5-17-6-9-20)13-11-12-3-1-2-4-14(12)19-16(13)22;/h11,17H,1-10H2,(H,18,21)(H,19,22);1H. The van der Waals surface area contributed by atoms with E-state index in [4.69, 9.17) is 0 Å². The fourth-order valence-electron chi connectivity index (χ4n) is 3.20. The summed E-state index contributed by atoms with van der Waals surface area (Å²) in [6, 6.07) is 1.79. The molecule has 1 amide bonds. The van der Waals surface area contributed by atoms with E-state index in [1.165, 1.54) is 0 Å². The number of pyridine rings is 1. The van der Waals surface area contributed by atoms with Gasteiger partial charge in [-0.1, -0.05) is 0 Å². The second kappa shape index (κ2) is 8.47. The van der Waals surface area contributed by atoms with Crippen LogP contribution in [0.5, 0.6) is 0 Å². The summed E-state index contributed by atoms with van der Waals surface area (Å²) < 4.78 is 0. The molecule has 0 saturated carbocycles. The molecule has 3 N–H and O–H groups in total. The highest BCUT2D eigenvalue weighted by molar-refractivity contribution is 5.94. The fourth-order valence-corrected chi connectivity index (χ4v) is 3.20. The number of aromatic amines is 1. The fraction of sp³-hybridized carbons (Fsp3) is 0.625. The number of hydrogen-bond donors (Lipinski definition) is 3. The number of H-pyrrole nitrogens is 1. The highest BCUT2D eigenvalue weighted by Crippen LogP contribution is 2.18. The van der Waals surface area contributed by atoms with Crippen molar-refractivity contribution in [2.24, 2.45) is 0 Å². The van der Waals surface area contributed by atoms with E-state index >= 15 is 0 Å². The molecular formula is C16H25ClN4O2. The number of carbonyl (C=O) groups excluding carboxylic acids is 1. The molecule has 0 spiro atoms. The van der Waals surface area contributed by atoms with Gasteiger partial charge in [-0.05, 0) is 37.3 Å². The highest BCUT2D eigenvalue weighted by atomic mass is 35.5. The molecule has 1 aromatic rings. The molecule has 2 heterocycles. The van der Waals surface area contributed by atoms with Crippen molar-refractivity contribution in [3.8, 4) is 0 Å². The molecule has 7 heteroatoms. The number of piperazine rings is 1. The molecular weight excluding hydrogens is 316 g/mol. The van der Waals surface area contributed by atoms with Gasteiger partial charge in [-0.2, -0.15) is 0 Å². The van der Waals surface area contributed by atoms with Gasteiger partial charge >= 0.3 is 0 Å². The Bertz CT molecular complexity index is 596. The predicted molar refractivity (Wildman–Crippen MR) is 92.6 cm³/mol. The summed E-state index contributed by atoms with van der Waals surface area (Å²) in [4.78, 5) is 29.5. The first-order valence-corrected chi connectivity index (χ1v) is 8.20. The quantitative estimate of drug-likeness (QED) is 0.737. The summed E-state index contributed by atoms with van der Waals surface area (Å²) in [5, 5.41) is 6.17. The van der Waals surface area contributed by atoms with E-state index in [-0.39, 0.29) is 29.4 Å². The van der Waals surface area contributed by atoms with Crippen LogP contribution >= 0.6 is 12.4 Å². The van der Waals surface area contributed by atoms with Crippen LogP contribution in [0.1, 0.15) is 34.5 Å². The lowest BCUT2D eigenvalue weighted by Crippen LogP contribution is -2.46. The van der Waals surface area contributed by atoms with Crippen molar-refractivity contribution in [3.05, 3.63) is 33.2 Å². The van der Waals surface area contributed by atoms with E-state index in [0.717, 1.165) is 69.7 Å². The number of nitrogens with one attached hydrogen (secondary N) is 3. The Morgan fingerprint density at radius 2 is 1.96 bits per heavy atom. The maximum Gasteiger partial charge on any atom is 0.261 e. The van der Waals surface area contributed by atoms with E-state index < -0.39 is 0 Å². The minimum Gasteiger partial charge on any atom is -0.351 e. The number of rotatable bonds is 4. The normalized spacial score (nSPS) is 17.9. The van der Waals surface area contributed by atoms with E-state index in [0.29, 0.717) is 6.54 Å². The number of carbonyl (C=O) groups is 1. The minimum absolute atomic E-state index is 0. The van der Waals surface area contributed by atoms with E-state index in [1.807, 2.05) is 0 Å². The average molecular weight is 341 g/mol. The first kappa shape index (κ1) is 18.0. The van der Waals surface area contributed by atoms with Gasteiger partial charge in [0.1, 0.15) is 5.56 Å². The van der Waals surface area contributed by atoms with Gasteiger partial charge in [-0.15, -0.1) is 12.4 Å². The second-order valence-electron chi connectivity index (χ2n) is 6.07. The molecule has 6 nitrogen and oxygen atoms in total. The van der Waals surface area contributed by atoms with Gasteiger partial charge in [-0.25, -0.2) is 0 Å². The number of halogens is 1. The molecule has 23 heavy (non-hydrogen) atoms. The lowest BCUT2D eigenvalue weighted by Gasteiger charge is -2.27. The van der Waals surface area contributed by atoms with Crippen LogP contribution in [0.3, 0.4) is 0 Å². The number of amides is 1. The lowest BCUT2D eigenvalue weighted by molar-refractivity contribution is 0.0945. The van der Waals surface area contributed by atoms with Crippen molar-refractivity contribution in [2.45, 2.75) is 25.7 Å². The Kier molecular flexibility index (Phi) is 6.62. The molecule has 128 valence electrons. The van der Waals surface area contributed by atoms with E-state index in [2.05, 4.69) is 20.5 Å². The van der Waals surface area contributed by atoms with E-state index in [1.54, 1.807) is 6.07 Å². The zero-order chi connectivity index (χ0) is 15.4. The van der Waals surface area contributed by atoms with Crippen molar-refractivity contribution >= 4 is 18.3 Å². The third-order valence-electron chi connectivity index (χ3n) is 4.51. The third-order valence-corrected chi connectivity index (χ3v) is 4.51. The number of aromatic nitrogens is 1. The molecule has 0 unspecified atom stereocenters. The Balaban J connectivity index is 0.00000192. The molecule has 1 saturated heterocycles. The van der Waals surface area contributed by atoms with Crippen LogP contribution in [-0.2, 0) is 12.8 Å². The average Bonchev–Trinajstić information content (AvgIpc) is 2.55. The molecule has 0 bridgehead atoms. The second-order valence-corrected chi connectivity index (χ2v) is 6.07. The Morgan fingerprint density at radius 3 is 2.74 bits per heavy atom. The van der Waals surface area contributed by atoms with Crippen molar-refractivity contribution in [1.82, 2.24) is 20.5 Å². The summed E-state index contributed by atoms with van der Waals surface area (Å²) in [7, 11) is 0. The molecule has 0 aromatic carbocycles. The molecule has 0 radical (unpaired) electrons. The maximum absolute atomic E-state index is 12.2. The zero-order valence-electron chi connectivity index (χ0n) is 13.3. The molecule has 0 atom stereocenters. The predicted octanol–water partition coefficient (Wildman–Crippen LogP) is 0.311. The zero-order valence-corrected chi connectivity index (χ0v) is 14.1. The van der Waals surface area contributed by atoms with Gasteiger partial charge in [0.2, 0.25) is 0 Å². The van der Waals surface area contributed by atoms with Gasteiger partial charge in [0.05, 0.1) is 0 Å². The highest BCUT2D eigenvalue weighted by Gasteiger charge is 2.17. The Morgan fingerprint density at radius 1 is 1.22 bits per heavy atom. The molecule has 1 fully saturated rings. The Hall–Kier alpha value is -1.37. The van der Waals surface area contributed by atoms with Crippen molar-refractivity contribution in [1.29, 1.82) is 0 Å². The van der Waals surface area contributed by atoms with Crippen LogP contribution in [0, 0.1) is 0 Å². The topological polar surface area (TPSA) is 77.2 Å². The van der Waals surface area contributed by atoms with Crippen LogP contribution in [0.25, 0.3) is 0 Å². The number of hydrogen-bond acceptors (Lipinski definition) is 4. The van der Waals surface area contributed by atoms with Gasteiger partial charge in [0, 0.05) is 45.0 Å². The summed E-state index contributed by atoms with van der Waals surface area (Å²) >= 11 is 0. The van der Waals surface area contributed by atoms with E-state index in [9.17, 15) is 9.59 Å². The number of aryl methyl sites for hydroxylation is 2. The van der Waals surface area contributed by atoms with Crippen LogP contribution in [-0.4, -0.2) is 55.1 Å². The first-order valence-electron chi connectivity index (χ1n) is 8.20. The number of fused-ring (bicyclic) bond motifs is 1. The minimum atomic E-state index is -0.264. The molecule has 1 aliphatic heterocycles. The van der Waals surface area contributed by atoms with Crippen LogP contribution in [0.2, 0.25) is 0 Å². The molecule has 2 aliphatic rings. The maximum atomic E-state index is 12.2. The van der Waals surface area contributed by atoms with Gasteiger partial charge in [0.15, 0.2) is 0 Å². The van der Waals surface area contributed by atoms with Crippen molar-refractivity contribution in [3.63, 3.8) is 0 Å². The van der Waals surface area contributed by atoms with Gasteiger partial charge < -0.3 is 15.6 Å². The summed E-state index contributed by atoms with van der Waals surface area (Å²) in [6.45, 7) is 5.42. The van der Waals surface area contributed by atoms with Crippen molar-refractivity contribution in [2.75, 3.05) is 39.3 Å².